The molecule has 1 aromatic carbocycles. The number of methoxy groups -OCH3 is 1. The fourth-order valence-electron chi connectivity index (χ4n) is 1.07. The molecule has 4 N–H and O–H groups in total. The van der Waals surface area contributed by atoms with Crippen LogP contribution in [0.15, 0.2) is 29.2 Å². The fourth-order valence-corrected chi connectivity index (χ4v) is 2.19. The molecular formula is C10H14N2O3S. The van der Waals surface area contributed by atoms with E-state index in [4.69, 9.17) is 16.2 Å². The molecule has 0 aliphatic carbocycles. The molecule has 0 bridgehead atoms. The number of rotatable bonds is 5. The molecule has 2 unspecified atom stereocenters. The highest BCUT2D eigenvalue weighted by atomic mass is 32.2. The Morgan fingerprint density at radius 2 is 2.00 bits per heavy atom. The van der Waals surface area contributed by atoms with E-state index in [1.54, 1.807) is 31.4 Å². The Balaban J connectivity index is 2.69. The summed E-state index contributed by atoms with van der Waals surface area (Å²) in [6, 6.07) is 5.85. The Morgan fingerprint density at radius 1 is 1.44 bits per heavy atom. The molecule has 6 heteroatoms. The topological polar surface area (TPSA) is 95.4 Å². The molecule has 2 atom stereocenters. The van der Waals surface area contributed by atoms with Crippen LogP contribution in [0, 0.1) is 0 Å². The smallest absolute Gasteiger partial charge is 0.235 e. The van der Waals surface area contributed by atoms with Gasteiger partial charge in [-0.05, 0) is 24.3 Å². The molecule has 1 amide bonds. The second kappa shape index (κ2) is 5.62. The number of primary amides is 1. The van der Waals surface area contributed by atoms with Crippen LogP contribution in [-0.4, -0.2) is 29.0 Å². The minimum Gasteiger partial charge on any atom is -0.497 e. The molecule has 1 aromatic rings. The van der Waals surface area contributed by atoms with Crippen molar-refractivity contribution in [3.05, 3.63) is 24.3 Å². The number of nitrogens with two attached hydrogens (primary N) is 2. The molecule has 0 spiro atoms. The van der Waals surface area contributed by atoms with Crippen LogP contribution in [-0.2, 0) is 15.6 Å². The van der Waals surface area contributed by atoms with Crippen molar-refractivity contribution in [2.75, 3.05) is 12.9 Å². The SMILES string of the molecule is COc1ccc(S(=O)CC(N)C(N)=O)cc1. The van der Waals surface area contributed by atoms with Crippen molar-refractivity contribution in [3.63, 3.8) is 0 Å². The number of benzene rings is 1. The van der Waals surface area contributed by atoms with Gasteiger partial charge in [0, 0.05) is 4.90 Å². The van der Waals surface area contributed by atoms with Gasteiger partial charge in [0.15, 0.2) is 0 Å². The van der Waals surface area contributed by atoms with Gasteiger partial charge in [0.25, 0.3) is 0 Å². The van der Waals surface area contributed by atoms with E-state index in [0.29, 0.717) is 10.6 Å². The van der Waals surface area contributed by atoms with Crippen LogP contribution in [0.4, 0.5) is 0 Å². The lowest BCUT2D eigenvalue weighted by molar-refractivity contribution is -0.118. The second-order valence-corrected chi connectivity index (χ2v) is 4.69. The maximum Gasteiger partial charge on any atom is 0.235 e. The van der Waals surface area contributed by atoms with E-state index in [2.05, 4.69) is 0 Å². The molecule has 0 heterocycles. The fraction of sp³-hybridized carbons (Fsp3) is 0.300. The first-order chi connectivity index (χ1) is 7.54. The van der Waals surface area contributed by atoms with Crippen LogP contribution in [0.25, 0.3) is 0 Å². The summed E-state index contributed by atoms with van der Waals surface area (Å²) in [6.07, 6.45) is 0. The minimum absolute atomic E-state index is 0.0294. The third-order valence-electron chi connectivity index (χ3n) is 2.02. The number of hydrogen-bond donors (Lipinski definition) is 2. The zero-order chi connectivity index (χ0) is 12.1. The van der Waals surface area contributed by atoms with Crippen LogP contribution in [0.3, 0.4) is 0 Å². The van der Waals surface area contributed by atoms with Gasteiger partial charge in [-0.15, -0.1) is 0 Å². The third-order valence-corrected chi connectivity index (χ3v) is 3.48. The van der Waals surface area contributed by atoms with E-state index in [-0.39, 0.29) is 5.75 Å². The van der Waals surface area contributed by atoms with Gasteiger partial charge in [0.2, 0.25) is 5.91 Å². The molecule has 5 nitrogen and oxygen atoms in total. The lowest BCUT2D eigenvalue weighted by Crippen LogP contribution is -2.40. The van der Waals surface area contributed by atoms with Gasteiger partial charge in [0.1, 0.15) is 5.75 Å². The number of carbonyl (C=O) groups excluding carboxylic acids is 1. The molecule has 0 aliphatic heterocycles. The van der Waals surface area contributed by atoms with E-state index < -0.39 is 22.7 Å². The van der Waals surface area contributed by atoms with Crippen molar-refractivity contribution >= 4 is 16.7 Å². The normalized spacial score (nSPS) is 14.1. The summed E-state index contributed by atoms with van der Waals surface area (Å²) in [4.78, 5) is 11.3. The van der Waals surface area contributed by atoms with E-state index in [1.807, 2.05) is 0 Å². The second-order valence-electron chi connectivity index (χ2n) is 3.20. The van der Waals surface area contributed by atoms with Crippen molar-refractivity contribution in [2.45, 2.75) is 10.9 Å². The minimum atomic E-state index is -1.33. The summed E-state index contributed by atoms with van der Waals surface area (Å²) in [5.41, 5.74) is 10.4. The Morgan fingerprint density at radius 3 is 2.44 bits per heavy atom. The average Bonchev–Trinajstić information content (AvgIpc) is 2.28. The molecule has 0 radical (unpaired) electrons. The third kappa shape index (κ3) is 3.32. The van der Waals surface area contributed by atoms with Gasteiger partial charge < -0.3 is 16.2 Å². The highest BCUT2D eigenvalue weighted by molar-refractivity contribution is 7.85. The number of hydrogen-bond acceptors (Lipinski definition) is 4. The van der Waals surface area contributed by atoms with Gasteiger partial charge in [-0.1, -0.05) is 0 Å². The van der Waals surface area contributed by atoms with Crippen LogP contribution < -0.4 is 16.2 Å². The Labute approximate surface area is 96.2 Å². The van der Waals surface area contributed by atoms with Gasteiger partial charge in [-0.2, -0.15) is 0 Å². The van der Waals surface area contributed by atoms with E-state index in [1.165, 1.54) is 0 Å². The van der Waals surface area contributed by atoms with Crippen molar-refractivity contribution < 1.29 is 13.7 Å². The molecule has 1 rings (SSSR count). The summed E-state index contributed by atoms with van der Waals surface area (Å²) < 4.78 is 16.7. The summed E-state index contributed by atoms with van der Waals surface area (Å²) in [5, 5.41) is 0. The quantitative estimate of drug-likeness (QED) is 0.735. The number of ether oxygens (including phenoxy) is 1. The molecule has 0 aliphatic rings. The Kier molecular flexibility index (Phi) is 4.45. The Bertz CT molecular complexity index is 392. The number of amides is 1. The first kappa shape index (κ1) is 12.7. The summed E-state index contributed by atoms with van der Waals surface area (Å²) in [7, 11) is 0.225. The lowest BCUT2D eigenvalue weighted by Gasteiger charge is -2.07. The van der Waals surface area contributed by atoms with Crippen LogP contribution in [0.2, 0.25) is 0 Å². The predicted molar refractivity (Wildman–Crippen MR) is 61.4 cm³/mol. The average molecular weight is 242 g/mol. The van der Waals surface area contributed by atoms with Crippen LogP contribution in [0.1, 0.15) is 0 Å². The summed E-state index contributed by atoms with van der Waals surface area (Å²) in [6.45, 7) is 0. The highest BCUT2D eigenvalue weighted by Crippen LogP contribution is 2.14. The molecule has 0 saturated carbocycles. The molecule has 88 valence electrons. The standard InChI is InChI=1S/C10H14N2O3S/c1-15-7-2-4-8(5-3-7)16(14)6-9(11)10(12)13/h2-5,9H,6,11H2,1H3,(H2,12,13). The molecule has 0 saturated heterocycles. The van der Waals surface area contributed by atoms with Gasteiger partial charge in [-0.25, -0.2) is 0 Å². The zero-order valence-electron chi connectivity index (χ0n) is 8.88. The Hall–Kier alpha value is -1.40. The molecule has 0 aromatic heterocycles. The van der Waals surface area contributed by atoms with Crippen LogP contribution in [0.5, 0.6) is 5.75 Å². The van der Waals surface area contributed by atoms with Crippen molar-refractivity contribution in [1.82, 2.24) is 0 Å². The lowest BCUT2D eigenvalue weighted by atomic mass is 10.3. The highest BCUT2D eigenvalue weighted by Gasteiger charge is 2.14. The van der Waals surface area contributed by atoms with Gasteiger partial charge in [-0.3, -0.25) is 9.00 Å². The zero-order valence-corrected chi connectivity index (χ0v) is 9.70. The largest absolute Gasteiger partial charge is 0.497 e. The van der Waals surface area contributed by atoms with Crippen LogP contribution >= 0.6 is 0 Å². The van der Waals surface area contributed by atoms with E-state index in [9.17, 15) is 9.00 Å². The maximum atomic E-state index is 11.7. The monoisotopic (exact) mass is 242 g/mol. The van der Waals surface area contributed by atoms with Crippen molar-refractivity contribution in [1.29, 1.82) is 0 Å². The van der Waals surface area contributed by atoms with Gasteiger partial charge in [0.05, 0.1) is 29.7 Å². The number of carbonyl (C=O) groups is 1. The first-order valence-electron chi connectivity index (χ1n) is 4.62. The molecule has 16 heavy (non-hydrogen) atoms. The summed E-state index contributed by atoms with van der Waals surface area (Å²) >= 11 is 0. The first-order valence-corrected chi connectivity index (χ1v) is 5.94. The molecule has 0 fully saturated rings. The van der Waals surface area contributed by atoms with E-state index in [0.717, 1.165) is 0 Å². The van der Waals surface area contributed by atoms with Crippen molar-refractivity contribution in [2.24, 2.45) is 11.5 Å². The maximum absolute atomic E-state index is 11.7. The summed E-state index contributed by atoms with van der Waals surface area (Å²) in [5.74, 6) is 0.0589. The van der Waals surface area contributed by atoms with E-state index >= 15 is 0 Å². The predicted octanol–water partition coefficient (Wildman–Crippen LogP) is -0.385. The van der Waals surface area contributed by atoms with Gasteiger partial charge >= 0.3 is 0 Å². The molecular weight excluding hydrogens is 228 g/mol. The van der Waals surface area contributed by atoms with Crippen molar-refractivity contribution in [3.8, 4) is 5.75 Å².